The number of ether oxygens (including phenoxy) is 1. The van der Waals surface area contributed by atoms with Gasteiger partial charge < -0.3 is 15.0 Å². The van der Waals surface area contributed by atoms with Gasteiger partial charge in [-0.25, -0.2) is 8.42 Å². The van der Waals surface area contributed by atoms with E-state index in [0.717, 1.165) is 18.8 Å². The molecule has 0 aromatic heterocycles. The number of carbonyl (C=O) groups is 1. The van der Waals surface area contributed by atoms with Crippen molar-refractivity contribution in [2.45, 2.75) is 30.9 Å². The molecule has 0 saturated carbocycles. The van der Waals surface area contributed by atoms with Crippen molar-refractivity contribution in [1.82, 2.24) is 4.31 Å². The first-order valence-corrected chi connectivity index (χ1v) is 11.9. The molecule has 27 heavy (non-hydrogen) atoms. The Morgan fingerprint density at radius 3 is 2.48 bits per heavy atom. The van der Waals surface area contributed by atoms with Gasteiger partial charge in [0.1, 0.15) is 0 Å². The van der Waals surface area contributed by atoms with Gasteiger partial charge in [-0.2, -0.15) is 16.1 Å². The van der Waals surface area contributed by atoms with Crippen LogP contribution in [0, 0.1) is 0 Å². The number of sulfonamides is 1. The lowest BCUT2D eigenvalue weighted by molar-refractivity contribution is -0.115. The molecule has 1 N–H and O–H groups in total. The number of amides is 1. The minimum atomic E-state index is -3.62. The number of rotatable bonds is 8. The molecule has 1 saturated heterocycles. The van der Waals surface area contributed by atoms with Gasteiger partial charge in [0.25, 0.3) is 0 Å². The highest BCUT2D eigenvalue weighted by molar-refractivity contribution is 7.99. The number of morpholine rings is 1. The Morgan fingerprint density at radius 1 is 1.30 bits per heavy atom. The molecule has 0 aliphatic carbocycles. The van der Waals surface area contributed by atoms with Crippen LogP contribution in [0.25, 0.3) is 0 Å². The molecular weight excluding hydrogens is 386 g/mol. The zero-order valence-corrected chi connectivity index (χ0v) is 18.0. The summed E-state index contributed by atoms with van der Waals surface area (Å²) in [5.74, 6) is -0.142. The smallest absolute Gasteiger partial charge is 0.243 e. The highest BCUT2D eigenvalue weighted by Gasteiger charge is 2.27. The Morgan fingerprint density at radius 2 is 1.93 bits per heavy atom. The number of anilines is 2. The van der Waals surface area contributed by atoms with E-state index in [-0.39, 0.29) is 16.1 Å². The van der Waals surface area contributed by atoms with E-state index in [1.54, 1.807) is 18.2 Å². The van der Waals surface area contributed by atoms with Gasteiger partial charge in [-0.3, -0.25) is 4.79 Å². The predicted octanol–water partition coefficient (Wildman–Crippen LogP) is 2.24. The number of benzene rings is 1. The third kappa shape index (κ3) is 5.16. The fraction of sp³-hybridized carbons (Fsp3) is 0.611. The van der Waals surface area contributed by atoms with Crippen LogP contribution in [-0.4, -0.2) is 69.5 Å². The maximum atomic E-state index is 13.0. The molecule has 1 aliphatic rings. The summed E-state index contributed by atoms with van der Waals surface area (Å²) in [6, 6.07) is 4.97. The van der Waals surface area contributed by atoms with Crippen LogP contribution in [0.5, 0.6) is 0 Å². The van der Waals surface area contributed by atoms with Gasteiger partial charge in [0.05, 0.1) is 34.7 Å². The Balaban J connectivity index is 2.43. The van der Waals surface area contributed by atoms with Crippen molar-refractivity contribution in [2.75, 3.05) is 55.9 Å². The molecule has 1 amide bonds. The molecule has 1 aliphatic heterocycles. The number of nitrogens with zero attached hydrogens (tertiary/aromatic N) is 2. The molecule has 1 unspecified atom stereocenters. The van der Waals surface area contributed by atoms with Crippen molar-refractivity contribution in [1.29, 1.82) is 0 Å². The van der Waals surface area contributed by atoms with Gasteiger partial charge in [0, 0.05) is 26.2 Å². The average molecular weight is 416 g/mol. The third-order valence-electron chi connectivity index (χ3n) is 4.66. The van der Waals surface area contributed by atoms with Crippen molar-refractivity contribution in [2.24, 2.45) is 0 Å². The van der Waals surface area contributed by atoms with E-state index in [1.807, 2.05) is 27.0 Å². The standard InChI is InChI=1S/C18H29N3O4S2/c1-5-20(6-2)17-8-7-15(13-16(17)19-18(22)14(3)26-4)27(23,24)21-9-11-25-12-10-21/h7-8,13-14H,5-6,9-12H2,1-4H3,(H,19,22). The molecule has 1 aromatic carbocycles. The van der Waals surface area contributed by atoms with E-state index in [9.17, 15) is 13.2 Å². The summed E-state index contributed by atoms with van der Waals surface area (Å²) in [6.45, 7) is 8.86. The maximum Gasteiger partial charge on any atom is 0.243 e. The van der Waals surface area contributed by atoms with Crippen molar-refractivity contribution in [3.63, 3.8) is 0 Å². The highest BCUT2D eigenvalue weighted by Crippen LogP contribution is 2.31. The zero-order valence-electron chi connectivity index (χ0n) is 16.4. The highest BCUT2D eigenvalue weighted by atomic mass is 32.2. The van der Waals surface area contributed by atoms with Crippen molar-refractivity contribution in [3.8, 4) is 0 Å². The topological polar surface area (TPSA) is 79.0 Å². The summed E-state index contributed by atoms with van der Waals surface area (Å²) >= 11 is 1.44. The lowest BCUT2D eigenvalue weighted by Gasteiger charge is -2.28. The summed E-state index contributed by atoms with van der Waals surface area (Å²) in [5, 5.41) is 2.69. The molecule has 152 valence electrons. The van der Waals surface area contributed by atoms with Gasteiger partial charge in [0.2, 0.25) is 15.9 Å². The first-order chi connectivity index (χ1) is 12.8. The Labute approximate surface area is 166 Å². The van der Waals surface area contributed by atoms with Gasteiger partial charge in [-0.1, -0.05) is 0 Å². The summed E-state index contributed by atoms with van der Waals surface area (Å²) in [6.07, 6.45) is 1.87. The van der Waals surface area contributed by atoms with E-state index < -0.39 is 10.0 Å². The van der Waals surface area contributed by atoms with Crippen molar-refractivity contribution in [3.05, 3.63) is 18.2 Å². The second kappa shape index (κ2) is 9.77. The number of nitrogens with one attached hydrogen (secondary N) is 1. The molecule has 0 spiro atoms. The van der Waals surface area contributed by atoms with E-state index >= 15 is 0 Å². The Kier molecular flexibility index (Phi) is 7.96. The fourth-order valence-corrected chi connectivity index (χ4v) is 4.60. The average Bonchev–Trinajstić information content (AvgIpc) is 2.69. The number of hydrogen-bond acceptors (Lipinski definition) is 6. The van der Waals surface area contributed by atoms with Crippen molar-refractivity contribution < 1.29 is 17.9 Å². The molecule has 0 radical (unpaired) electrons. The summed E-state index contributed by atoms with van der Waals surface area (Å²) in [7, 11) is -3.62. The Hall–Kier alpha value is -1.29. The zero-order chi connectivity index (χ0) is 20.0. The SMILES string of the molecule is CCN(CC)c1ccc(S(=O)(=O)N2CCOCC2)cc1NC(=O)C(C)SC. The molecule has 2 rings (SSSR count). The van der Waals surface area contributed by atoms with E-state index in [4.69, 9.17) is 4.74 Å². The molecule has 1 aromatic rings. The molecular formula is C18H29N3O4S2. The monoisotopic (exact) mass is 415 g/mol. The normalized spacial score (nSPS) is 16.7. The van der Waals surface area contributed by atoms with Crippen LogP contribution in [0.1, 0.15) is 20.8 Å². The summed E-state index contributed by atoms with van der Waals surface area (Å²) in [5.41, 5.74) is 1.35. The minimum Gasteiger partial charge on any atom is -0.379 e. The number of thioether (sulfide) groups is 1. The first-order valence-electron chi connectivity index (χ1n) is 9.15. The molecule has 1 heterocycles. The molecule has 0 bridgehead atoms. The van der Waals surface area contributed by atoms with Crippen LogP contribution in [0.15, 0.2) is 23.1 Å². The lowest BCUT2D eigenvalue weighted by Crippen LogP contribution is -2.40. The van der Waals surface area contributed by atoms with Gasteiger partial charge >= 0.3 is 0 Å². The summed E-state index contributed by atoms with van der Waals surface area (Å²) in [4.78, 5) is 14.7. The lowest BCUT2D eigenvalue weighted by atomic mass is 10.2. The quantitative estimate of drug-likeness (QED) is 0.702. The van der Waals surface area contributed by atoms with Crippen molar-refractivity contribution >= 4 is 39.1 Å². The predicted molar refractivity (Wildman–Crippen MR) is 111 cm³/mol. The van der Waals surface area contributed by atoms with Gasteiger partial charge in [-0.05, 0) is 45.2 Å². The summed E-state index contributed by atoms with van der Waals surface area (Å²) < 4.78 is 32.6. The van der Waals surface area contributed by atoms with Gasteiger partial charge in [0.15, 0.2) is 0 Å². The van der Waals surface area contributed by atoms with Crippen LogP contribution >= 0.6 is 11.8 Å². The first kappa shape index (κ1) is 22.0. The van der Waals surface area contributed by atoms with Gasteiger partial charge in [-0.15, -0.1) is 0 Å². The van der Waals surface area contributed by atoms with Crippen LogP contribution in [0.4, 0.5) is 11.4 Å². The largest absolute Gasteiger partial charge is 0.379 e. The van der Waals surface area contributed by atoms with E-state index in [0.29, 0.717) is 32.0 Å². The number of carbonyl (C=O) groups excluding carboxylic acids is 1. The third-order valence-corrected chi connectivity index (χ3v) is 7.48. The molecule has 1 fully saturated rings. The second-order valence-electron chi connectivity index (χ2n) is 6.23. The van der Waals surface area contributed by atoms with Crippen LogP contribution < -0.4 is 10.2 Å². The van der Waals surface area contributed by atoms with Crippen LogP contribution in [0.2, 0.25) is 0 Å². The number of hydrogen-bond donors (Lipinski definition) is 1. The molecule has 9 heteroatoms. The molecule has 7 nitrogen and oxygen atoms in total. The van der Waals surface area contributed by atoms with E-state index in [2.05, 4.69) is 10.2 Å². The van der Waals surface area contributed by atoms with E-state index in [1.165, 1.54) is 16.1 Å². The fourth-order valence-electron chi connectivity index (χ4n) is 2.89. The minimum absolute atomic E-state index is 0.142. The van der Waals surface area contributed by atoms with Crippen LogP contribution in [-0.2, 0) is 19.6 Å². The Bertz CT molecular complexity index is 745. The maximum absolute atomic E-state index is 13.0. The molecule has 1 atom stereocenters. The van der Waals surface area contributed by atoms with Crippen LogP contribution in [0.3, 0.4) is 0 Å². The second-order valence-corrected chi connectivity index (χ2v) is 9.35.